The molecule has 0 aliphatic carbocycles. The number of aryl methyl sites for hydroxylation is 1. The lowest BCUT2D eigenvalue weighted by molar-refractivity contribution is -0.142. The number of benzene rings is 2. The standard InChI is InChI=1S/C32H36FNO6S/c1-6-38-30(35)18-23-15-25(33)7-8-29(23)39-19-21-13-24-17-27(20-37-5)40-31(24)28(14-21)22-9-11-34-26(16-22)10-12-41(36)32(2,3)4/h7-9,11,13-17H,6,10,12,18-20H2,1-5H3/t41-/m1/s1. The third kappa shape index (κ3) is 8.01. The summed E-state index contributed by atoms with van der Waals surface area (Å²) in [5, 5.41) is 0.881. The number of rotatable bonds is 12. The molecule has 7 nitrogen and oxygen atoms in total. The number of fused-ring (bicyclic) bond motifs is 1. The van der Waals surface area contributed by atoms with Gasteiger partial charge >= 0.3 is 5.97 Å². The van der Waals surface area contributed by atoms with E-state index in [0.29, 0.717) is 41.4 Å². The Morgan fingerprint density at radius 1 is 1.07 bits per heavy atom. The Morgan fingerprint density at radius 3 is 2.61 bits per heavy atom. The van der Waals surface area contributed by atoms with Gasteiger partial charge in [0.05, 0.1) is 13.0 Å². The van der Waals surface area contributed by atoms with Crippen molar-refractivity contribution in [2.75, 3.05) is 19.5 Å². The number of pyridine rings is 1. The molecule has 4 rings (SSSR count). The Labute approximate surface area is 242 Å². The zero-order valence-electron chi connectivity index (χ0n) is 24.1. The molecule has 1 atom stereocenters. The summed E-state index contributed by atoms with van der Waals surface area (Å²) in [6.45, 7) is 8.38. The van der Waals surface area contributed by atoms with Gasteiger partial charge in [0.1, 0.15) is 36.1 Å². The van der Waals surface area contributed by atoms with Crippen LogP contribution in [-0.4, -0.2) is 39.4 Å². The van der Waals surface area contributed by atoms with Gasteiger partial charge in [-0.3, -0.25) is 14.0 Å². The zero-order valence-corrected chi connectivity index (χ0v) is 24.9. The van der Waals surface area contributed by atoms with E-state index in [4.69, 9.17) is 18.6 Å². The molecule has 2 heterocycles. The van der Waals surface area contributed by atoms with Gasteiger partial charge in [-0.05, 0) is 87.4 Å². The molecule has 0 fully saturated rings. The summed E-state index contributed by atoms with van der Waals surface area (Å²) in [5.41, 5.74) is 4.59. The fraction of sp³-hybridized carbons (Fsp3) is 0.375. The minimum Gasteiger partial charge on any atom is -0.489 e. The SMILES string of the molecule is CCOC(=O)Cc1cc(F)ccc1OCc1cc(-c2ccnc(CC[S@@](=O)C(C)(C)C)c2)c2oc(COC)cc2c1. The van der Waals surface area contributed by atoms with Gasteiger partial charge in [0, 0.05) is 63.2 Å². The Hall–Kier alpha value is -3.56. The van der Waals surface area contributed by atoms with Gasteiger partial charge < -0.3 is 18.6 Å². The number of carbonyl (C=O) groups excluding carboxylic acids is 1. The van der Waals surface area contributed by atoms with Crippen LogP contribution in [0, 0.1) is 5.82 Å². The molecule has 0 unspecified atom stereocenters. The van der Waals surface area contributed by atoms with Gasteiger partial charge in [-0.2, -0.15) is 0 Å². The first-order valence-corrected chi connectivity index (χ1v) is 14.8. The van der Waals surface area contributed by atoms with E-state index in [1.807, 2.05) is 51.1 Å². The van der Waals surface area contributed by atoms with Gasteiger partial charge in [-0.25, -0.2) is 4.39 Å². The van der Waals surface area contributed by atoms with Crippen LogP contribution in [0.3, 0.4) is 0 Å². The van der Waals surface area contributed by atoms with E-state index in [-0.39, 0.29) is 24.4 Å². The Morgan fingerprint density at radius 2 is 1.88 bits per heavy atom. The molecule has 218 valence electrons. The lowest BCUT2D eigenvalue weighted by Gasteiger charge is -2.17. The molecule has 0 aliphatic heterocycles. The van der Waals surface area contributed by atoms with Crippen molar-refractivity contribution in [2.24, 2.45) is 0 Å². The molecule has 9 heteroatoms. The van der Waals surface area contributed by atoms with E-state index in [9.17, 15) is 13.4 Å². The first-order chi connectivity index (χ1) is 19.6. The summed E-state index contributed by atoms with van der Waals surface area (Å²) in [6, 6.07) is 13.9. The van der Waals surface area contributed by atoms with E-state index in [0.717, 1.165) is 27.8 Å². The van der Waals surface area contributed by atoms with Crippen LogP contribution in [-0.2, 0) is 51.1 Å². The highest BCUT2D eigenvalue weighted by Crippen LogP contribution is 2.34. The maximum Gasteiger partial charge on any atom is 0.310 e. The van der Waals surface area contributed by atoms with E-state index >= 15 is 0 Å². The second-order valence-electron chi connectivity index (χ2n) is 10.7. The number of carbonyl (C=O) groups is 1. The molecule has 0 N–H and O–H groups in total. The highest BCUT2D eigenvalue weighted by molar-refractivity contribution is 7.86. The van der Waals surface area contributed by atoms with Crippen molar-refractivity contribution in [3.63, 3.8) is 0 Å². The van der Waals surface area contributed by atoms with Crippen LogP contribution >= 0.6 is 0 Å². The number of hydrogen-bond donors (Lipinski definition) is 0. The van der Waals surface area contributed by atoms with Crippen molar-refractivity contribution in [1.82, 2.24) is 4.98 Å². The number of halogens is 1. The first-order valence-electron chi connectivity index (χ1n) is 13.5. The number of ether oxygens (including phenoxy) is 3. The van der Waals surface area contributed by atoms with Crippen LogP contribution in [0.5, 0.6) is 5.75 Å². The van der Waals surface area contributed by atoms with Crippen molar-refractivity contribution in [2.45, 2.75) is 58.5 Å². The lowest BCUT2D eigenvalue weighted by atomic mass is 10.0. The van der Waals surface area contributed by atoms with Crippen molar-refractivity contribution < 1.29 is 32.0 Å². The number of hydrogen-bond acceptors (Lipinski definition) is 7. The molecular formula is C32H36FNO6S. The molecule has 4 aromatic rings. The summed E-state index contributed by atoms with van der Waals surface area (Å²) in [7, 11) is 0.627. The van der Waals surface area contributed by atoms with Crippen LogP contribution in [0.1, 0.15) is 50.3 Å². The minimum absolute atomic E-state index is 0.0902. The number of methoxy groups -OCH3 is 1. The first kappa shape index (κ1) is 30.4. The average molecular weight is 582 g/mol. The highest BCUT2D eigenvalue weighted by Gasteiger charge is 2.20. The fourth-order valence-corrected chi connectivity index (χ4v) is 5.43. The van der Waals surface area contributed by atoms with Crippen molar-refractivity contribution in [3.8, 4) is 16.9 Å². The number of nitrogens with zero attached hydrogens (tertiary/aromatic N) is 1. The lowest BCUT2D eigenvalue weighted by Crippen LogP contribution is -2.25. The molecule has 0 saturated heterocycles. The summed E-state index contributed by atoms with van der Waals surface area (Å²) in [6.07, 6.45) is 2.25. The monoisotopic (exact) mass is 581 g/mol. The van der Waals surface area contributed by atoms with Crippen LogP contribution in [0.15, 0.2) is 59.1 Å². The van der Waals surface area contributed by atoms with Gasteiger partial charge in [0.25, 0.3) is 0 Å². The largest absolute Gasteiger partial charge is 0.489 e. The van der Waals surface area contributed by atoms with Crippen molar-refractivity contribution in [1.29, 1.82) is 0 Å². The van der Waals surface area contributed by atoms with Crippen LogP contribution in [0.25, 0.3) is 22.1 Å². The van der Waals surface area contributed by atoms with Gasteiger partial charge in [-0.1, -0.05) is 0 Å². The molecule has 0 radical (unpaired) electrons. The van der Waals surface area contributed by atoms with Crippen LogP contribution in [0.4, 0.5) is 4.39 Å². The van der Waals surface area contributed by atoms with Crippen molar-refractivity contribution in [3.05, 3.63) is 83.1 Å². The Balaban J connectivity index is 1.65. The van der Waals surface area contributed by atoms with Crippen molar-refractivity contribution >= 4 is 27.7 Å². The molecule has 0 spiro atoms. The minimum atomic E-state index is -0.985. The summed E-state index contributed by atoms with van der Waals surface area (Å²) in [5.74, 6) is 0.714. The second kappa shape index (κ2) is 13.4. The normalized spacial score (nSPS) is 12.4. The molecular weight excluding hydrogens is 545 g/mol. The van der Waals surface area contributed by atoms with Crippen LogP contribution in [0.2, 0.25) is 0 Å². The van der Waals surface area contributed by atoms with Gasteiger partial charge in [0.15, 0.2) is 0 Å². The third-order valence-electron chi connectivity index (χ3n) is 6.42. The molecule has 0 bridgehead atoms. The Kier molecular flexibility index (Phi) is 9.94. The molecule has 2 aromatic heterocycles. The topological polar surface area (TPSA) is 87.9 Å². The summed E-state index contributed by atoms with van der Waals surface area (Å²) >= 11 is 0. The summed E-state index contributed by atoms with van der Waals surface area (Å²) < 4.78 is 48.9. The van der Waals surface area contributed by atoms with E-state index in [2.05, 4.69) is 4.98 Å². The van der Waals surface area contributed by atoms with E-state index in [1.165, 1.54) is 18.2 Å². The molecule has 41 heavy (non-hydrogen) atoms. The fourth-order valence-electron chi connectivity index (χ4n) is 4.42. The number of furan rings is 1. The summed E-state index contributed by atoms with van der Waals surface area (Å²) in [4.78, 5) is 16.6. The number of esters is 1. The second-order valence-corrected chi connectivity index (χ2v) is 13.0. The Bertz CT molecular complexity index is 1540. The third-order valence-corrected chi connectivity index (χ3v) is 8.37. The van der Waals surface area contributed by atoms with Crippen LogP contribution < -0.4 is 4.74 Å². The predicted octanol–water partition coefficient (Wildman–Crippen LogP) is 6.55. The molecule has 2 aromatic carbocycles. The quantitative estimate of drug-likeness (QED) is 0.175. The van der Waals surface area contributed by atoms with Gasteiger partial charge in [0.2, 0.25) is 0 Å². The smallest absolute Gasteiger partial charge is 0.310 e. The average Bonchev–Trinajstić information content (AvgIpc) is 3.33. The molecule has 0 saturated carbocycles. The predicted molar refractivity (Wildman–Crippen MR) is 158 cm³/mol. The maximum absolute atomic E-state index is 14.0. The highest BCUT2D eigenvalue weighted by atomic mass is 32.2. The van der Waals surface area contributed by atoms with Gasteiger partial charge in [-0.15, -0.1) is 0 Å². The zero-order chi connectivity index (χ0) is 29.6. The number of aromatic nitrogens is 1. The maximum atomic E-state index is 14.0. The van der Waals surface area contributed by atoms with E-state index in [1.54, 1.807) is 20.2 Å². The van der Waals surface area contributed by atoms with E-state index < -0.39 is 22.6 Å². The molecule has 0 aliphatic rings. The molecule has 0 amide bonds.